The highest BCUT2D eigenvalue weighted by atomic mass is 35.5. The summed E-state index contributed by atoms with van der Waals surface area (Å²) in [6.45, 7) is 4.05. The third-order valence-corrected chi connectivity index (χ3v) is 6.04. The highest BCUT2D eigenvalue weighted by Gasteiger charge is 2.32. The molecule has 0 aliphatic carbocycles. The van der Waals surface area contributed by atoms with E-state index in [0.717, 1.165) is 5.56 Å². The fourth-order valence-corrected chi connectivity index (χ4v) is 4.22. The molecule has 0 saturated carbocycles. The van der Waals surface area contributed by atoms with Crippen molar-refractivity contribution < 1.29 is 14.3 Å². The highest BCUT2D eigenvalue weighted by Crippen LogP contribution is 2.35. The molecule has 1 saturated heterocycles. The van der Waals surface area contributed by atoms with E-state index in [9.17, 15) is 9.59 Å². The zero-order valence-corrected chi connectivity index (χ0v) is 17.8. The Morgan fingerprint density at radius 3 is 2.57 bits per heavy atom. The van der Waals surface area contributed by atoms with E-state index in [2.05, 4.69) is 5.32 Å². The summed E-state index contributed by atoms with van der Waals surface area (Å²) in [6.07, 6.45) is 1.32. The number of hydrogen-bond acceptors (Lipinski definition) is 3. The van der Waals surface area contributed by atoms with Crippen molar-refractivity contribution >= 4 is 29.2 Å². The predicted molar refractivity (Wildman–Crippen MR) is 117 cm³/mol. The monoisotopic (exact) mass is 427 g/mol. The van der Waals surface area contributed by atoms with Gasteiger partial charge in [0.05, 0.1) is 18.3 Å². The number of likely N-dealkylation sites (tertiary alicyclic amines) is 1. The van der Waals surface area contributed by atoms with Crippen molar-refractivity contribution in [2.24, 2.45) is 5.92 Å². The van der Waals surface area contributed by atoms with E-state index in [1.54, 1.807) is 23.1 Å². The molecule has 2 aromatic carbocycles. The smallest absolute Gasteiger partial charge is 0.324 e. The molecule has 1 atom stereocenters. The summed E-state index contributed by atoms with van der Waals surface area (Å²) < 4.78 is 5.64. The van der Waals surface area contributed by atoms with Crippen molar-refractivity contribution in [3.63, 3.8) is 0 Å². The van der Waals surface area contributed by atoms with E-state index in [4.69, 9.17) is 16.3 Å². The number of urea groups is 1. The quantitative estimate of drug-likeness (QED) is 0.796. The summed E-state index contributed by atoms with van der Waals surface area (Å²) in [5.74, 6) is 0.650. The molecule has 1 fully saturated rings. The number of carbonyl (C=O) groups is 2. The fraction of sp³-hybridized carbons (Fsp3) is 0.391. The Morgan fingerprint density at radius 1 is 1.10 bits per heavy atom. The van der Waals surface area contributed by atoms with Gasteiger partial charge >= 0.3 is 6.03 Å². The van der Waals surface area contributed by atoms with Gasteiger partial charge in [-0.05, 0) is 43.5 Å². The van der Waals surface area contributed by atoms with Crippen LogP contribution in [0.1, 0.15) is 31.4 Å². The first-order chi connectivity index (χ1) is 14.5. The van der Waals surface area contributed by atoms with Gasteiger partial charge in [-0.2, -0.15) is 0 Å². The van der Waals surface area contributed by atoms with E-state index in [0.29, 0.717) is 55.5 Å². The maximum Gasteiger partial charge on any atom is 0.324 e. The molecule has 2 aliphatic heterocycles. The molecule has 1 N–H and O–H groups in total. The van der Waals surface area contributed by atoms with Gasteiger partial charge in [-0.25, -0.2) is 4.79 Å². The third-order valence-electron chi connectivity index (χ3n) is 5.81. The normalized spacial score (nSPS) is 17.7. The molecule has 0 bridgehead atoms. The molecule has 0 spiro atoms. The van der Waals surface area contributed by atoms with Crippen LogP contribution >= 0.6 is 11.6 Å². The second kappa shape index (κ2) is 8.96. The fourth-order valence-electron chi connectivity index (χ4n) is 4.05. The average Bonchev–Trinajstić information content (AvgIpc) is 2.78. The molecule has 2 aromatic rings. The number of nitrogens with zero attached hydrogens (tertiary/aromatic N) is 2. The molecule has 30 heavy (non-hydrogen) atoms. The number of anilines is 1. The lowest BCUT2D eigenvalue weighted by atomic mass is 9.95. The molecule has 4 rings (SSSR count). The van der Waals surface area contributed by atoms with Crippen molar-refractivity contribution in [1.29, 1.82) is 0 Å². The number of piperidine rings is 1. The molecular formula is C23H26ClN3O3. The Labute approximate surface area is 181 Å². The van der Waals surface area contributed by atoms with Crippen LogP contribution in [0.3, 0.4) is 0 Å². The number of nitrogens with one attached hydrogen (secondary N) is 1. The number of benzene rings is 2. The maximum absolute atomic E-state index is 13.1. The molecule has 158 valence electrons. The Bertz CT molecular complexity index is 913. The second-order valence-electron chi connectivity index (χ2n) is 7.80. The van der Waals surface area contributed by atoms with Crippen LogP contribution in [-0.4, -0.2) is 43.1 Å². The minimum Gasteiger partial charge on any atom is -0.490 e. The van der Waals surface area contributed by atoms with E-state index >= 15 is 0 Å². The molecule has 0 aromatic heterocycles. The minimum absolute atomic E-state index is 0.0343. The lowest BCUT2D eigenvalue weighted by Crippen LogP contribution is -2.50. The first-order valence-electron chi connectivity index (χ1n) is 10.4. The number of ether oxygens (including phenoxy) is 1. The van der Waals surface area contributed by atoms with Crippen LogP contribution in [0.25, 0.3) is 0 Å². The Morgan fingerprint density at radius 2 is 1.83 bits per heavy atom. The van der Waals surface area contributed by atoms with Crippen LogP contribution in [0.5, 0.6) is 5.75 Å². The van der Waals surface area contributed by atoms with Crippen LogP contribution in [0, 0.1) is 5.92 Å². The number of amides is 3. The van der Waals surface area contributed by atoms with Crippen molar-refractivity contribution in [3.05, 3.63) is 59.1 Å². The Balaban J connectivity index is 1.34. The molecule has 7 heteroatoms. The van der Waals surface area contributed by atoms with Crippen molar-refractivity contribution in [1.82, 2.24) is 10.2 Å². The van der Waals surface area contributed by atoms with Crippen LogP contribution < -0.4 is 15.0 Å². The van der Waals surface area contributed by atoms with Gasteiger partial charge in [0.1, 0.15) is 12.4 Å². The van der Waals surface area contributed by atoms with E-state index < -0.39 is 0 Å². The van der Waals surface area contributed by atoms with Gasteiger partial charge in [0.25, 0.3) is 0 Å². The van der Waals surface area contributed by atoms with Crippen LogP contribution in [0.4, 0.5) is 10.5 Å². The average molecular weight is 428 g/mol. The number of hydrogen-bond donors (Lipinski definition) is 1. The summed E-state index contributed by atoms with van der Waals surface area (Å²) in [4.78, 5) is 29.4. The predicted octanol–water partition coefficient (Wildman–Crippen LogP) is 4.25. The van der Waals surface area contributed by atoms with Gasteiger partial charge < -0.3 is 15.0 Å². The SMILES string of the molecule is C[C@H](NC(=O)C1CCN(C(=O)N2CCOc3ccc(Cl)cc32)CC1)c1ccccc1. The van der Waals surface area contributed by atoms with Gasteiger partial charge in [-0.3, -0.25) is 9.69 Å². The van der Waals surface area contributed by atoms with E-state index in [1.807, 2.05) is 42.2 Å². The van der Waals surface area contributed by atoms with Gasteiger partial charge in [0, 0.05) is 24.0 Å². The van der Waals surface area contributed by atoms with Crippen LogP contribution in [0.2, 0.25) is 5.02 Å². The summed E-state index contributed by atoms with van der Waals surface area (Å²) >= 11 is 6.12. The van der Waals surface area contributed by atoms with Crippen LogP contribution in [0.15, 0.2) is 48.5 Å². The van der Waals surface area contributed by atoms with Crippen LogP contribution in [-0.2, 0) is 4.79 Å². The first-order valence-corrected chi connectivity index (χ1v) is 10.7. The molecule has 0 radical (unpaired) electrons. The molecule has 6 nitrogen and oxygen atoms in total. The maximum atomic E-state index is 13.1. The molecule has 2 heterocycles. The second-order valence-corrected chi connectivity index (χ2v) is 8.23. The molecule has 0 unspecified atom stereocenters. The Kier molecular flexibility index (Phi) is 6.13. The zero-order chi connectivity index (χ0) is 21.1. The van der Waals surface area contributed by atoms with Crippen molar-refractivity contribution in [2.45, 2.75) is 25.8 Å². The highest BCUT2D eigenvalue weighted by molar-refractivity contribution is 6.31. The summed E-state index contributed by atoms with van der Waals surface area (Å²) in [7, 11) is 0. The lowest BCUT2D eigenvalue weighted by molar-refractivity contribution is -0.126. The van der Waals surface area contributed by atoms with Crippen molar-refractivity contribution in [2.75, 3.05) is 31.1 Å². The number of fused-ring (bicyclic) bond motifs is 1. The summed E-state index contributed by atoms with van der Waals surface area (Å²) in [6, 6.07) is 15.2. The van der Waals surface area contributed by atoms with E-state index in [1.165, 1.54) is 0 Å². The number of halogens is 1. The molecule has 2 aliphatic rings. The topological polar surface area (TPSA) is 61.9 Å². The minimum atomic E-state index is -0.0772. The standard InChI is InChI=1S/C23H26ClN3O3/c1-16(17-5-3-2-4-6-17)25-22(28)18-9-11-26(12-10-18)23(29)27-13-14-30-21-8-7-19(24)15-20(21)27/h2-8,15-16,18H,9-14H2,1H3,(H,25,28)/t16-/m0/s1. The van der Waals surface area contributed by atoms with Gasteiger partial charge in [-0.1, -0.05) is 41.9 Å². The van der Waals surface area contributed by atoms with Crippen molar-refractivity contribution in [3.8, 4) is 5.75 Å². The molecular weight excluding hydrogens is 402 g/mol. The van der Waals surface area contributed by atoms with Gasteiger partial charge in [0.2, 0.25) is 5.91 Å². The lowest BCUT2D eigenvalue weighted by Gasteiger charge is -2.37. The number of carbonyl (C=O) groups excluding carboxylic acids is 2. The van der Waals surface area contributed by atoms with Gasteiger partial charge in [0.15, 0.2) is 0 Å². The molecule has 3 amide bonds. The largest absolute Gasteiger partial charge is 0.490 e. The summed E-state index contributed by atoms with van der Waals surface area (Å²) in [5, 5.41) is 3.68. The summed E-state index contributed by atoms with van der Waals surface area (Å²) in [5.41, 5.74) is 1.79. The Hall–Kier alpha value is -2.73. The zero-order valence-electron chi connectivity index (χ0n) is 17.0. The number of rotatable bonds is 3. The first kappa shape index (κ1) is 20.5. The third kappa shape index (κ3) is 4.38. The van der Waals surface area contributed by atoms with Gasteiger partial charge in [-0.15, -0.1) is 0 Å². The van der Waals surface area contributed by atoms with E-state index in [-0.39, 0.29) is 23.9 Å².